The monoisotopic (exact) mass is 316 g/mol. The summed E-state index contributed by atoms with van der Waals surface area (Å²) in [6.45, 7) is -2.78. The SMILES string of the molecule is NC(=O)c1csc(CNc2ccc(F)cc2OC(F)F)c1. The second-order valence-electron chi connectivity index (χ2n) is 4.04. The molecule has 0 atom stereocenters. The molecular weight excluding hydrogens is 305 g/mol. The largest absolute Gasteiger partial charge is 0.433 e. The van der Waals surface area contributed by atoms with Gasteiger partial charge in [0.1, 0.15) is 5.82 Å². The van der Waals surface area contributed by atoms with Crippen LogP contribution in [0, 0.1) is 5.82 Å². The summed E-state index contributed by atoms with van der Waals surface area (Å²) in [5.74, 6) is -1.50. The normalized spacial score (nSPS) is 10.7. The van der Waals surface area contributed by atoms with Gasteiger partial charge in [0.05, 0.1) is 11.3 Å². The van der Waals surface area contributed by atoms with Gasteiger partial charge in [-0.15, -0.1) is 11.3 Å². The predicted octanol–water partition coefficient (Wildman–Crippen LogP) is 3.20. The van der Waals surface area contributed by atoms with E-state index in [0.29, 0.717) is 5.56 Å². The minimum absolute atomic E-state index is 0.228. The molecule has 0 radical (unpaired) electrons. The number of primary amides is 1. The lowest BCUT2D eigenvalue weighted by Crippen LogP contribution is -2.09. The minimum atomic E-state index is -3.05. The average Bonchev–Trinajstić information content (AvgIpc) is 2.86. The highest BCUT2D eigenvalue weighted by Crippen LogP contribution is 2.28. The molecule has 0 unspecified atom stereocenters. The maximum atomic E-state index is 13.1. The highest BCUT2D eigenvalue weighted by molar-refractivity contribution is 7.10. The van der Waals surface area contributed by atoms with Gasteiger partial charge in [-0.05, 0) is 18.2 Å². The highest BCUT2D eigenvalue weighted by Gasteiger charge is 2.11. The van der Waals surface area contributed by atoms with Crippen LogP contribution in [0.2, 0.25) is 0 Å². The van der Waals surface area contributed by atoms with E-state index < -0.39 is 18.3 Å². The van der Waals surface area contributed by atoms with Crippen LogP contribution in [-0.2, 0) is 6.54 Å². The van der Waals surface area contributed by atoms with Crippen molar-refractivity contribution in [1.82, 2.24) is 0 Å². The van der Waals surface area contributed by atoms with Crippen LogP contribution in [0.3, 0.4) is 0 Å². The number of carbonyl (C=O) groups is 1. The summed E-state index contributed by atoms with van der Waals surface area (Å²) < 4.78 is 41.8. The quantitative estimate of drug-likeness (QED) is 0.860. The van der Waals surface area contributed by atoms with Gasteiger partial charge in [0.15, 0.2) is 5.75 Å². The number of alkyl halides is 2. The Morgan fingerprint density at radius 3 is 2.76 bits per heavy atom. The van der Waals surface area contributed by atoms with E-state index in [1.807, 2.05) is 0 Å². The number of thiophene rings is 1. The van der Waals surface area contributed by atoms with Gasteiger partial charge in [-0.1, -0.05) is 0 Å². The topological polar surface area (TPSA) is 64.4 Å². The fourth-order valence-corrected chi connectivity index (χ4v) is 2.43. The van der Waals surface area contributed by atoms with E-state index in [1.165, 1.54) is 17.4 Å². The Kier molecular flexibility index (Phi) is 4.69. The number of carbonyl (C=O) groups excluding carboxylic acids is 1. The number of ether oxygens (including phenoxy) is 1. The highest BCUT2D eigenvalue weighted by atomic mass is 32.1. The number of halogens is 3. The number of hydrogen-bond donors (Lipinski definition) is 2. The molecule has 1 aromatic heterocycles. The third-order valence-electron chi connectivity index (χ3n) is 2.55. The van der Waals surface area contributed by atoms with Crippen molar-refractivity contribution in [3.05, 3.63) is 45.9 Å². The fourth-order valence-electron chi connectivity index (χ4n) is 1.62. The zero-order valence-electron chi connectivity index (χ0n) is 10.6. The van der Waals surface area contributed by atoms with Crippen LogP contribution in [-0.4, -0.2) is 12.5 Å². The summed E-state index contributed by atoms with van der Waals surface area (Å²) in [6, 6.07) is 4.90. The number of benzene rings is 1. The zero-order valence-corrected chi connectivity index (χ0v) is 11.4. The first kappa shape index (κ1) is 15.2. The molecule has 0 fully saturated rings. The number of nitrogens with one attached hydrogen (secondary N) is 1. The summed E-state index contributed by atoms with van der Waals surface area (Å²) in [6.07, 6.45) is 0. The van der Waals surface area contributed by atoms with Crippen molar-refractivity contribution in [2.75, 3.05) is 5.32 Å². The molecule has 0 aliphatic heterocycles. The molecule has 2 rings (SSSR count). The molecule has 0 saturated heterocycles. The molecule has 1 aromatic carbocycles. The summed E-state index contributed by atoms with van der Waals surface area (Å²) in [5, 5.41) is 4.45. The van der Waals surface area contributed by atoms with Crippen LogP contribution >= 0.6 is 11.3 Å². The van der Waals surface area contributed by atoms with Crippen molar-refractivity contribution >= 4 is 22.9 Å². The fraction of sp³-hybridized carbons (Fsp3) is 0.154. The van der Waals surface area contributed by atoms with Crippen LogP contribution < -0.4 is 15.8 Å². The summed E-state index contributed by atoms with van der Waals surface area (Å²) in [7, 11) is 0. The summed E-state index contributed by atoms with van der Waals surface area (Å²) in [4.78, 5) is 11.7. The first-order chi connectivity index (χ1) is 9.95. The predicted molar refractivity (Wildman–Crippen MR) is 73.2 cm³/mol. The Labute approximate surface area is 122 Å². The summed E-state index contributed by atoms with van der Waals surface area (Å²) >= 11 is 1.29. The average molecular weight is 316 g/mol. The van der Waals surface area contributed by atoms with Crippen molar-refractivity contribution in [3.8, 4) is 5.75 Å². The number of anilines is 1. The van der Waals surface area contributed by atoms with E-state index in [4.69, 9.17) is 5.73 Å². The van der Waals surface area contributed by atoms with E-state index >= 15 is 0 Å². The molecule has 0 aliphatic rings. The molecule has 21 heavy (non-hydrogen) atoms. The molecule has 0 spiro atoms. The van der Waals surface area contributed by atoms with Crippen molar-refractivity contribution in [1.29, 1.82) is 0 Å². The Hall–Kier alpha value is -2.22. The molecule has 0 aliphatic carbocycles. The third-order valence-corrected chi connectivity index (χ3v) is 3.49. The number of amides is 1. The van der Waals surface area contributed by atoms with Gasteiger partial charge >= 0.3 is 6.61 Å². The lowest BCUT2D eigenvalue weighted by Gasteiger charge is -2.12. The Bertz CT molecular complexity index is 646. The van der Waals surface area contributed by atoms with E-state index in [1.54, 1.807) is 11.4 Å². The Morgan fingerprint density at radius 2 is 2.14 bits per heavy atom. The van der Waals surface area contributed by atoms with Crippen molar-refractivity contribution in [3.63, 3.8) is 0 Å². The van der Waals surface area contributed by atoms with Crippen LogP contribution in [0.5, 0.6) is 5.75 Å². The third kappa shape index (κ3) is 4.12. The van der Waals surface area contributed by atoms with Crippen molar-refractivity contribution in [2.45, 2.75) is 13.2 Å². The van der Waals surface area contributed by atoms with Crippen LogP contribution in [0.1, 0.15) is 15.2 Å². The number of nitrogens with two attached hydrogens (primary N) is 1. The first-order valence-electron chi connectivity index (χ1n) is 5.81. The number of hydrogen-bond acceptors (Lipinski definition) is 4. The van der Waals surface area contributed by atoms with Gasteiger partial charge in [0.2, 0.25) is 5.91 Å². The summed E-state index contributed by atoms with van der Waals surface area (Å²) in [5.41, 5.74) is 5.73. The van der Waals surface area contributed by atoms with Crippen LogP contribution in [0.25, 0.3) is 0 Å². The maximum absolute atomic E-state index is 13.1. The lowest BCUT2D eigenvalue weighted by molar-refractivity contribution is -0.0495. The molecule has 0 saturated carbocycles. The number of rotatable bonds is 6. The minimum Gasteiger partial charge on any atom is -0.433 e. The Balaban J connectivity index is 2.09. The molecule has 2 aromatic rings. The van der Waals surface area contributed by atoms with Gasteiger partial charge in [0, 0.05) is 22.9 Å². The maximum Gasteiger partial charge on any atom is 0.387 e. The second-order valence-corrected chi connectivity index (χ2v) is 5.03. The van der Waals surface area contributed by atoms with Crippen LogP contribution in [0.4, 0.5) is 18.9 Å². The lowest BCUT2D eigenvalue weighted by atomic mass is 10.2. The smallest absolute Gasteiger partial charge is 0.387 e. The molecule has 3 N–H and O–H groups in total. The van der Waals surface area contributed by atoms with Gasteiger partial charge in [-0.25, -0.2) is 4.39 Å². The molecule has 8 heteroatoms. The molecule has 0 bridgehead atoms. The van der Waals surface area contributed by atoms with Gasteiger partial charge in [-0.2, -0.15) is 8.78 Å². The van der Waals surface area contributed by atoms with Gasteiger partial charge in [-0.3, -0.25) is 4.79 Å². The van der Waals surface area contributed by atoms with Crippen LogP contribution in [0.15, 0.2) is 29.6 Å². The zero-order chi connectivity index (χ0) is 15.4. The molecule has 112 valence electrons. The van der Waals surface area contributed by atoms with Gasteiger partial charge < -0.3 is 15.8 Å². The van der Waals surface area contributed by atoms with Gasteiger partial charge in [0.25, 0.3) is 0 Å². The Morgan fingerprint density at radius 1 is 1.38 bits per heavy atom. The molecule has 4 nitrogen and oxygen atoms in total. The van der Waals surface area contributed by atoms with E-state index in [-0.39, 0.29) is 18.0 Å². The van der Waals surface area contributed by atoms with E-state index in [2.05, 4.69) is 10.1 Å². The van der Waals surface area contributed by atoms with Crippen molar-refractivity contribution < 1.29 is 22.7 Å². The van der Waals surface area contributed by atoms with E-state index in [9.17, 15) is 18.0 Å². The molecule has 1 heterocycles. The first-order valence-corrected chi connectivity index (χ1v) is 6.69. The molecule has 1 amide bonds. The van der Waals surface area contributed by atoms with E-state index in [0.717, 1.165) is 17.0 Å². The second kappa shape index (κ2) is 6.49. The molecular formula is C13H11F3N2O2S. The standard InChI is InChI=1S/C13H11F3N2O2S/c14-8-1-2-10(11(4-8)20-13(15)16)18-5-9-3-7(6-21-9)12(17)19/h1-4,6,13,18H,5H2,(H2,17,19). The van der Waals surface area contributed by atoms with Crippen molar-refractivity contribution in [2.24, 2.45) is 5.73 Å².